The summed E-state index contributed by atoms with van der Waals surface area (Å²) in [6, 6.07) is 4.87. The molecule has 2 unspecified atom stereocenters. The normalized spacial score (nSPS) is 22.8. The van der Waals surface area contributed by atoms with Crippen molar-refractivity contribution < 1.29 is 8.42 Å². The van der Waals surface area contributed by atoms with Crippen LogP contribution in [0.1, 0.15) is 36.9 Å². The van der Waals surface area contributed by atoms with Crippen LogP contribution in [-0.2, 0) is 22.7 Å². The van der Waals surface area contributed by atoms with Crippen molar-refractivity contribution >= 4 is 21.2 Å². The Balaban J connectivity index is 2.04. The minimum absolute atomic E-state index is 0.313. The number of sulfone groups is 1. The molecular weight excluding hydrogens is 302 g/mol. The number of hydrogen-bond donors (Lipinski definition) is 1. The number of rotatable bonds is 7. The fraction of sp³-hybridized carbons (Fsp3) is 0.750. The molecule has 21 heavy (non-hydrogen) atoms. The van der Waals surface area contributed by atoms with Crippen molar-refractivity contribution in [3.63, 3.8) is 0 Å². The summed E-state index contributed by atoms with van der Waals surface area (Å²) in [5, 5.41) is 3.50. The van der Waals surface area contributed by atoms with Crippen LogP contribution in [0.4, 0.5) is 0 Å². The Bertz CT molecular complexity index is 548. The first kappa shape index (κ1) is 17.0. The van der Waals surface area contributed by atoms with Crippen molar-refractivity contribution in [1.29, 1.82) is 0 Å². The summed E-state index contributed by atoms with van der Waals surface area (Å²) in [6.07, 6.45) is 2.92. The standard InChI is InChI=1S/C16H27NO2S2/c1-4-15-5-6-16(20-15)9-14(10-17-12(2)3)13-7-8-21(18,19)11-13/h5-6,12-14,17H,4,7-11H2,1-3H3. The quantitative estimate of drug-likeness (QED) is 0.836. The third-order valence-electron chi connectivity index (χ3n) is 4.25. The van der Waals surface area contributed by atoms with E-state index in [-0.39, 0.29) is 0 Å². The van der Waals surface area contributed by atoms with Crippen LogP contribution < -0.4 is 5.32 Å². The van der Waals surface area contributed by atoms with Gasteiger partial charge in [0.15, 0.2) is 9.84 Å². The van der Waals surface area contributed by atoms with Crippen LogP contribution in [0, 0.1) is 11.8 Å². The molecule has 2 rings (SSSR count). The van der Waals surface area contributed by atoms with Crippen molar-refractivity contribution in [2.75, 3.05) is 18.1 Å². The molecule has 1 N–H and O–H groups in total. The van der Waals surface area contributed by atoms with E-state index in [4.69, 9.17) is 0 Å². The van der Waals surface area contributed by atoms with Gasteiger partial charge < -0.3 is 5.32 Å². The van der Waals surface area contributed by atoms with Gasteiger partial charge >= 0.3 is 0 Å². The van der Waals surface area contributed by atoms with Crippen LogP contribution >= 0.6 is 11.3 Å². The Morgan fingerprint density at radius 3 is 2.57 bits per heavy atom. The molecule has 0 amide bonds. The Morgan fingerprint density at radius 1 is 1.33 bits per heavy atom. The van der Waals surface area contributed by atoms with Crippen LogP contribution in [-0.4, -0.2) is 32.5 Å². The van der Waals surface area contributed by atoms with E-state index in [0.29, 0.717) is 29.4 Å². The maximum Gasteiger partial charge on any atom is 0.150 e. The van der Waals surface area contributed by atoms with Crippen molar-refractivity contribution in [1.82, 2.24) is 5.32 Å². The summed E-state index contributed by atoms with van der Waals surface area (Å²) in [6.45, 7) is 7.37. The second-order valence-corrected chi connectivity index (χ2v) is 9.89. The van der Waals surface area contributed by atoms with E-state index in [9.17, 15) is 8.42 Å². The van der Waals surface area contributed by atoms with E-state index in [0.717, 1.165) is 25.8 Å². The van der Waals surface area contributed by atoms with Crippen LogP contribution in [0.5, 0.6) is 0 Å². The molecule has 3 nitrogen and oxygen atoms in total. The Morgan fingerprint density at radius 2 is 2.05 bits per heavy atom. The molecule has 1 aromatic rings. The smallest absolute Gasteiger partial charge is 0.150 e. The van der Waals surface area contributed by atoms with E-state index in [1.54, 1.807) is 0 Å². The Kier molecular flexibility index (Phi) is 5.86. The SMILES string of the molecule is CCc1ccc(CC(CNC(C)C)C2CCS(=O)(=O)C2)s1. The van der Waals surface area contributed by atoms with E-state index in [1.807, 2.05) is 11.3 Å². The van der Waals surface area contributed by atoms with E-state index in [1.165, 1.54) is 9.75 Å². The molecule has 0 bridgehead atoms. The number of thiophene rings is 1. The fourth-order valence-corrected chi connectivity index (χ4v) is 5.94. The molecule has 0 aliphatic carbocycles. The van der Waals surface area contributed by atoms with Gasteiger partial charge in [-0.15, -0.1) is 11.3 Å². The minimum Gasteiger partial charge on any atom is -0.314 e. The molecule has 2 heterocycles. The van der Waals surface area contributed by atoms with Crippen molar-refractivity contribution in [3.05, 3.63) is 21.9 Å². The summed E-state index contributed by atoms with van der Waals surface area (Å²) < 4.78 is 23.5. The third-order valence-corrected chi connectivity index (χ3v) is 7.30. The molecule has 0 radical (unpaired) electrons. The molecule has 2 atom stereocenters. The summed E-state index contributed by atoms with van der Waals surface area (Å²) in [5.74, 6) is 1.49. The van der Waals surface area contributed by atoms with Gasteiger partial charge in [0.25, 0.3) is 0 Å². The monoisotopic (exact) mass is 329 g/mol. The zero-order chi connectivity index (χ0) is 15.5. The van der Waals surface area contributed by atoms with E-state index >= 15 is 0 Å². The second kappa shape index (κ2) is 7.25. The molecule has 1 fully saturated rings. The first-order chi connectivity index (χ1) is 9.89. The van der Waals surface area contributed by atoms with Gasteiger partial charge in [-0.1, -0.05) is 20.8 Å². The lowest BCUT2D eigenvalue weighted by molar-refractivity contribution is 0.335. The van der Waals surface area contributed by atoms with E-state index in [2.05, 4.69) is 38.2 Å². The first-order valence-corrected chi connectivity index (χ1v) is 10.5. The second-order valence-electron chi connectivity index (χ2n) is 6.41. The summed E-state index contributed by atoms with van der Waals surface area (Å²) >= 11 is 1.88. The van der Waals surface area contributed by atoms with Crippen molar-refractivity contribution in [2.24, 2.45) is 11.8 Å². The summed E-state index contributed by atoms with van der Waals surface area (Å²) in [4.78, 5) is 2.81. The minimum atomic E-state index is -2.80. The predicted molar refractivity (Wildman–Crippen MR) is 90.8 cm³/mol. The lowest BCUT2D eigenvalue weighted by Crippen LogP contribution is -2.34. The highest BCUT2D eigenvalue weighted by Crippen LogP contribution is 2.30. The van der Waals surface area contributed by atoms with Gasteiger partial charge in [-0.25, -0.2) is 8.42 Å². The van der Waals surface area contributed by atoms with Gasteiger partial charge in [0.05, 0.1) is 11.5 Å². The van der Waals surface area contributed by atoms with Gasteiger partial charge in [0.1, 0.15) is 0 Å². The average Bonchev–Trinajstić information content (AvgIpc) is 3.00. The van der Waals surface area contributed by atoms with Crippen LogP contribution in [0.25, 0.3) is 0 Å². The van der Waals surface area contributed by atoms with Crippen LogP contribution in [0.15, 0.2) is 12.1 Å². The topological polar surface area (TPSA) is 46.2 Å². The lowest BCUT2D eigenvalue weighted by Gasteiger charge is -2.24. The molecule has 0 aromatic carbocycles. The molecular formula is C16H27NO2S2. The summed E-state index contributed by atoms with van der Waals surface area (Å²) in [5.41, 5.74) is 0. The van der Waals surface area contributed by atoms with Gasteiger partial charge in [0.2, 0.25) is 0 Å². The Hall–Kier alpha value is -0.390. The van der Waals surface area contributed by atoms with Crippen LogP contribution in [0.2, 0.25) is 0 Å². The molecule has 1 saturated heterocycles. The Labute approximate surface area is 133 Å². The van der Waals surface area contributed by atoms with E-state index < -0.39 is 9.84 Å². The largest absolute Gasteiger partial charge is 0.314 e. The number of hydrogen-bond acceptors (Lipinski definition) is 4. The molecule has 0 saturated carbocycles. The number of aryl methyl sites for hydroxylation is 1. The van der Waals surface area contributed by atoms with Gasteiger partial charge in [-0.05, 0) is 49.8 Å². The molecule has 0 spiro atoms. The maximum atomic E-state index is 11.8. The highest BCUT2D eigenvalue weighted by atomic mass is 32.2. The lowest BCUT2D eigenvalue weighted by atomic mass is 9.88. The fourth-order valence-electron chi connectivity index (χ4n) is 2.97. The molecule has 1 aromatic heterocycles. The van der Waals surface area contributed by atoms with Gasteiger partial charge in [-0.3, -0.25) is 0 Å². The molecule has 5 heteroatoms. The predicted octanol–water partition coefficient (Wildman–Crippen LogP) is 2.90. The van der Waals surface area contributed by atoms with Gasteiger partial charge in [0, 0.05) is 15.8 Å². The number of nitrogens with one attached hydrogen (secondary N) is 1. The molecule has 120 valence electrons. The highest BCUT2D eigenvalue weighted by molar-refractivity contribution is 7.91. The van der Waals surface area contributed by atoms with Crippen molar-refractivity contribution in [3.8, 4) is 0 Å². The van der Waals surface area contributed by atoms with Crippen molar-refractivity contribution in [2.45, 2.75) is 46.1 Å². The maximum absolute atomic E-state index is 11.8. The molecule has 1 aliphatic heterocycles. The highest BCUT2D eigenvalue weighted by Gasteiger charge is 2.33. The zero-order valence-electron chi connectivity index (χ0n) is 13.3. The third kappa shape index (κ3) is 5.08. The zero-order valence-corrected chi connectivity index (χ0v) is 14.9. The summed E-state index contributed by atoms with van der Waals surface area (Å²) in [7, 11) is -2.80. The average molecular weight is 330 g/mol. The molecule has 1 aliphatic rings. The van der Waals surface area contributed by atoms with Gasteiger partial charge in [-0.2, -0.15) is 0 Å². The first-order valence-electron chi connectivity index (χ1n) is 7.91. The van der Waals surface area contributed by atoms with Crippen LogP contribution in [0.3, 0.4) is 0 Å².